The van der Waals surface area contributed by atoms with E-state index in [1.807, 2.05) is 75.4 Å². The molecule has 1 aliphatic heterocycles. The third-order valence-corrected chi connectivity index (χ3v) is 8.72. The van der Waals surface area contributed by atoms with Crippen LogP contribution in [0, 0.1) is 0 Å². The summed E-state index contributed by atoms with van der Waals surface area (Å²) in [6.45, 7) is 6.83. The molecule has 11 heteroatoms. The van der Waals surface area contributed by atoms with E-state index in [0.717, 1.165) is 21.9 Å². The van der Waals surface area contributed by atoms with Crippen molar-refractivity contribution in [3.63, 3.8) is 0 Å². The number of rotatable bonds is 12. The maximum absolute atomic E-state index is 14.0. The first-order valence-electron chi connectivity index (χ1n) is 14.6. The normalized spacial score (nSPS) is 13.6. The predicted octanol–water partition coefficient (Wildman–Crippen LogP) is 5.32. The van der Waals surface area contributed by atoms with Gasteiger partial charge in [0.15, 0.2) is 11.5 Å². The zero-order valence-corrected chi connectivity index (χ0v) is 28.0. The average Bonchev–Trinajstić information content (AvgIpc) is 2.96. The molecule has 0 fully saturated rings. The Labute approximate surface area is 268 Å². The molecule has 1 heterocycles. The van der Waals surface area contributed by atoms with Gasteiger partial charge in [0.1, 0.15) is 19.3 Å². The van der Waals surface area contributed by atoms with Crippen LogP contribution in [0.4, 0.5) is 5.69 Å². The van der Waals surface area contributed by atoms with Gasteiger partial charge in [-0.1, -0.05) is 58.4 Å². The molecule has 4 rings (SSSR count). The minimum atomic E-state index is -3.66. The number of benzene rings is 3. The lowest BCUT2D eigenvalue weighted by Gasteiger charge is -2.34. The first-order chi connectivity index (χ1) is 20.8. The molecule has 3 aromatic carbocycles. The molecule has 0 bridgehead atoms. The number of nitrogens with one attached hydrogen (secondary N) is 1. The maximum atomic E-state index is 14.0. The average molecular weight is 687 g/mol. The third-order valence-electron chi connectivity index (χ3n) is 7.00. The summed E-state index contributed by atoms with van der Waals surface area (Å²) in [6, 6.07) is 21.5. The van der Waals surface area contributed by atoms with Gasteiger partial charge in [0.2, 0.25) is 21.8 Å². The van der Waals surface area contributed by atoms with Gasteiger partial charge in [0.05, 0.1) is 11.9 Å². The molecule has 1 N–H and O–H groups in total. The van der Waals surface area contributed by atoms with E-state index in [-0.39, 0.29) is 37.7 Å². The molecule has 1 aliphatic rings. The van der Waals surface area contributed by atoms with Crippen molar-refractivity contribution >= 4 is 43.5 Å². The van der Waals surface area contributed by atoms with Crippen LogP contribution in [0.3, 0.4) is 0 Å². The van der Waals surface area contributed by atoms with Gasteiger partial charge in [-0.3, -0.25) is 13.9 Å². The second-order valence-electron chi connectivity index (χ2n) is 11.9. The Bertz CT molecular complexity index is 1540. The number of amides is 2. The zero-order chi connectivity index (χ0) is 31.9. The van der Waals surface area contributed by atoms with Crippen LogP contribution in [-0.4, -0.2) is 62.7 Å². The molecule has 9 nitrogen and oxygen atoms in total. The number of halogens is 1. The van der Waals surface area contributed by atoms with Gasteiger partial charge < -0.3 is 19.7 Å². The van der Waals surface area contributed by atoms with Crippen molar-refractivity contribution in [3.05, 3.63) is 88.4 Å². The second kappa shape index (κ2) is 14.5. The fraction of sp³-hybridized carbons (Fsp3) is 0.394. The van der Waals surface area contributed by atoms with Crippen LogP contribution in [0.5, 0.6) is 11.5 Å². The van der Waals surface area contributed by atoms with Crippen LogP contribution in [0.15, 0.2) is 77.3 Å². The highest BCUT2D eigenvalue weighted by molar-refractivity contribution is 9.10. The number of fused-ring (bicyclic) bond motifs is 1. The minimum absolute atomic E-state index is 0.0428. The van der Waals surface area contributed by atoms with E-state index >= 15 is 0 Å². The van der Waals surface area contributed by atoms with Crippen LogP contribution in [0.25, 0.3) is 0 Å². The Kier molecular flexibility index (Phi) is 11.0. The molecule has 236 valence electrons. The highest BCUT2D eigenvalue weighted by Gasteiger charge is 2.32. The van der Waals surface area contributed by atoms with Gasteiger partial charge in [0.25, 0.3) is 0 Å². The Balaban J connectivity index is 1.58. The van der Waals surface area contributed by atoms with E-state index in [1.165, 1.54) is 4.31 Å². The largest absolute Gasteiger partial charge is 0.486 e. The Morgan fingerprint density at radius 2 is 1.59 bits per heavy atom. The van der Waals surface area contributed by atoms with Crippen molar-refractivity contribution in [1.29, 1.82) is 0 Å². The summed E-state index contributed by atoms with van der Waals surface area (Å²) in [5, 5.41) is 3.06. The van der Waals surface area contributed by atoms with Crippen molar-refractivity contribution in [2.45, 2.75) is 58.2 Å². The van der Waals surface area contributed by atoms with E-state index in [2.05, 4.69) is 21.2 Å². The van der Waals surface area contributed by atoms with Gasteiger partial charge in [-0.05, 0) is 62.6 Å². The van der Waals surface area contributed by atoms with Crippen LogP contribution >= 0.6 is 15.9 Å². The molecule has 0 saturated heterocycles. The van der Waals surface area contributed by atoms with Gasteiger partial charge in [-0.2, -0.15) is 0 Å². The fourth-order valence-electron chi connectivity index (χ4n) is 4.98. The van der Waals surface area contributed by atoms with Crippen molar-refractivity contribution in [1.82, 2.24) is 10.2 Å². The topological polar surface area (TPSA) is 105 Å². The van der Waals surface area contributed by atoms with E-state index < -0.39 is 21.6 Å². The minimum Gasteiger partial charge on any atom is -0.486 e. The molecule has 0 unspecified atom stereocenters. The summed E-state index contributed by atoms with van der Waals surface area (Å²) in [5.74, 6) is 0.548. The predicted molar refractivity (Wildman–Crippen MR) is 175 cm³/mol. The first kappa shape index (κ1) is 33.3. The molecule has 44 heavy (non-hydrogen) atoms. The monoisotopic (exact) mass is 685 g/mol. The summed E-state index contributed by atoms with van der Waals surface area (Å²) >= 11 is 3.46. The van der Waals surface area contributed by atoms with Gasteiger partial charge in [-0.15, -0.1) is 0 Å². The highest BCUT2D eigenvalue weighted by Crippen LogP contribution is 2.35. The summed E-state index contributed by atoms with van der Waals surface area (Å²) in [4.78, 5) is 29.4. The van der Waals surface area contributed by atoms with Crippen molar-refractivity contribution in [2.75, 3.05) is 30.3 Å². The molecule has 3 aromatic rings. The third kappa shape index (κ3) is 9.46. The Morgan fingerprint density at radius 1 is 0.932 bits per heavy atom. The highest BCUT2D eigenvalue weighted by atomic mass is 79.9. The number of sulfonamides is 1. The molecule has 0 aliphatic carbocycles. The SMILES string of the molecule is CC(C)(C)NC(=O)[C@H](Cc1ccccc1)N(Cc1ccc(Br)cc1)C(=O)CCCN(c1ccc2c(c1)OCCO2)S(C)(=O)=O. The maximum Gasteiger partial charge on any atom is 0.243 e. The number of hydrogen-bond acceptors (Lipinski definition) is 6. The lowest BCUT2D eigenvalue weighted by Crippen LogP contribution is -2.54. The second-order valence-corrected chi connectivity index (χ2v) is 14.7. The van der Waals surface area contributed by atoms with E-state index in [4.69, 9.17) is 9.47 Å². The van der Waals surface area contributed by atoms with E-state index in [1.54, 1.807) is 23.1 Å². The molecule has 0 aromatic heterocycles. The van der Waals surface area contributed by atoms with Crippen LogP contribution in [0.1, 0.15) is 44.7 Å². The van der Waals surface area contributed by atoms with Crippen molar-refractivity contribution in [2.24, 2.45) is 0 Å². The number of nitrogens with zero attached hydrogens (tertiary/aromatic N) is 2. The molecule has 0 spiro atoms. The van der Waals surface area contributed by atoms with Gasteiger partial charge in [0, 0.05) is 42.0 Å². The number of ether oxygens (including phenoxy) is 2. The van der Waals surface area contributed by atoms with Crippen LogP contribution in [0.2, 0.25) is 0 Å². The summed E-state index contributed by atoms with van der Waals surface area (Å²) < 4.78 is 39.0. The molecule has 0 saturated carbocycles. The summed E-state index contributed by atoms with van der Waals surface area (Å²) in [6.07, 6.45) is 1.76. The number of carbonyl (C=O) groups excluding carboxylic acids is 2. The lowest BCUT2D eigenvalue weighted by molar-refractivity contribution is -0.142. The Morgan fingerprint density at radius 3 is 2.23 bits per heavy atom. The summed E-state index contributed by atoms with van der Waals surface area (Å²) in [5.41, 5.74) is 1.73. The van der Waals surface area contributed by atoms with Crippen molar-refractivity contribution < 1.29 is 27.5 Å². The number of carbonyl (C=O) groups is 2. The Hall–Kier alpha value is -3.57. The molecule has 2 amide bonds. The number of hydrogen-bond donors (Lipinski definition) is 1. The summed E-state index contributed by atoms with van der Waals surface area (Å²) in [7, 11) is -3.66. The standard InChI is InChI=1S/C33H40BrN3O6S/c1-33(2,3)35-32(39)28(21-24-9-6-5-7-10-24)36(23-25-12-14-26(34)15-13-25)31(38)11-8-18-37(44(4,40)41)27-16-17-29-30(22-27)43-20-19-42-29/h5-7,9-10,12-17,22,28H,8,11,18-21,23H2,1-4H3,(H,35,39)/t28-/m0/s1. The van der Waals surface area contributed by atoms with Crippen LogP contribution in [-0.2, 0) is 32.6 Å². The van der Waals surface area contributed by atoms with Crippen molar-refractivity contribution in [3.8, 4) is 11.5 Å². The quantitative estimate of drug-likeness (QED) is 0.277. The smallest absolute Gasteiger partial charge is 0.243 e. The fourth-order valence-corrected chi connectivity index (χ4v) is 6.21. The van der Waals surface area contributed by atoms with E-state index in [9.17, 15) is 18.0 Å². The lowest BCUT2D eigenvalue weighted by atomic mass is 10.00. The van der Waals surface area contributed by atoms with Gasteiger partial charge in [-0.25, -0.2) is 8.42 Å². The van der Waals surface area contributed by atoms with E-state index in [0.29, 0.717) is 36.8 Å². The van der Waals surface area contributed by atoms with Gasteiger partial charge >= 0.3 is 0 Å². The molecular formula is C33H40BrN3O6S. The number of anilines is 1. The molecule has 0 radical (unpaired) electrons. The first-order valence-corrected chi connectivity index (χ1v) is 17.2. The van der Waals surface area contributed by atoms with Crippen LogP contribution < -0.4 is 19.1 Å². The molecule has 1 atom stereocenters. The zero-order valence-electron chi connectivity index (χ0n) is 25.6. The molecular weight excluding hydrogens is 646 g/mol.